The van der Waals surface area contributed by atoms with E-state index in [1.165, 1.54) is 0 Å². The molecule has 0 aromatic rings. The molecule has 0 spiro atoms. The van der Waals surface area contributed by atoms with Crippen LogP contribution in [0.5, 0.6) is 0 Å². The number of nitrogens with zero attached hydrogens (tertiary/aromatic N) is 1. The van der Waals surface area contributed by atoms with E-state index in [2.05, 4.69) is 38.6 Å². The van der Waals surface area contributed by atoms with Gasteiger partial charge in [-0.05, 0) is 26.0 Å². The largest absolute Gasteiger partial charge is 1.00 e. The number of hydrogen-bond acceptors (Lipinski definition) is 0. The maximum absolute atomic E-state index is 2.12. The van der Waals surface area contributed by atoms with Crippen molar-refractivity contribution in [2.75, 3.05) is 14.1 Å². The Labute approximate surface area is 74.4 Å². The molecular weight excluding hydrogens is 190 g/mol. The SMILES string of the molecule is CC=C[N+](C)(C)C=CC.[Br-]. The van der Waals surface area contributed by atoms with E-state index in [0.29, 0.717) is 0 Å². The van der Waals surface area contributed by atoms with Crippen molar-refractivity contribution in [2.24, 2.45) is 0 Å². The first kappa shape index (κ1) is 12.6. The van der Waals surface area contributed by atoms with Crippen LogP contribution in [-0.2, 0) is 0 Å². The fourth-order valence-electron chi connectivity index (χ4n) is 0.818. The minimum Gasteiger partial charge on any atom is -1.00 e. The van der Waals surface area contributed by atoms with Crippen LogP contribution in [0, 0.1) is 0 Å². The molecule has 0 bridgehead atoms. The van der Waals surface area contributed by atoms with Crippen LogP contribution in [-0.4, -0.2) is 18.6 Å². The zero-order valence-electron chi connectivity index (χ0n) is 7.13. The van der Waals surface area contributed by atoms with Gasteiger partial charge in [0.15, 0.2) is 0 Å². The smallest absolute Gasteiger partial charge is 0.0956 e. The van der Waals surface area contributed by atoms with E-state index < -0.39 is 0 Å². The summed E-state index contributed by atoms with van der Waals surface area (Å²) in [5.41, 5.74) is 0. The topological polar surface area (TPSA) is 0 Å². The Bertz CT molecular complexity index is 111. The Kier molecular flexibility index (Phi) is 7.15. The van der Waals surface area contributed by atoms with Crippen molar-refractivity contribution in [1.82, 2.24) is 0 Å². The van der Waals surface area contributed by atoms with Crippen LogP contribution in [0.3, 0.4) is 0 Å². The zero-order valence-corrected chi connectivity index (χ0v) is 8.72. The lowest BCUT2D eigenvalue weighted by atomic mass is 10.5. The predicted molar refractivity (Wildman–Crippen MR) is 41.7 cm³/mol. The van der Waals surface area contributed by atoms with E-state index >= 15 is 0 Å². The molecule has 1 nitrogen and oxygen atoms in total. The molecule has 0 saturated heterocycles. The number of quaternary nitrogens is 1. The molecule has 0 fully saturated rings. The molecule has 0 heterocycles. The Hall–Kier alpha value is -0.0800. The highest BCUT2D eigenvalue weighted by Gasteiger charge is 2.01. The third-order valence-electron chi connectivity index (χ3n) is 1.07. The van der Waals surface area contributed by atoms with Crippen molar-refractivity contribution >= 4 is 0 Å². The van der Waals surface area contributed by atoms with Crippen molar-refractivity contribution in [1.29, 1.82) is 0 Å². The molecule has 2 heteroatoms. The first-order valence-corrected chi connectivity index (χ1v) is 3.23. The van der Waals surface area contributed by atoms with Crippen molar-refractivity contribution in [3.63, 3.8) is 0 Å². The Morgan fingerprint density at radius 2 is 1.20 bits per heavy atom. The van der Waals surface area contributed by atoms with Crippen LogP contribution in [0.1, 0.15) is 13.8 Å². The van der Waals surface area contributed by atoms with Crippen molar-refractivity contribution in [3.8, 4) is 0 Å². The molecule has 0 unspecified atom stereocenters. The summed E-state index contributed by atoms with van der Waals surface area (Å²) < 4.78 is 0.826. The minimum absolute atomic E-state index is 0. The van der Waals surface area contributed by atoms with Gasteiger partial charge in [-0.2, -0.15) is 0 Å². The summed E-state index contributed by atoms with van der Waals surface area (Å²) in [6.45, 7) is 4.06. The number of hydrogen-bond donors (Lipinski definition) is 0. The second-order valence-electron chi connectivity index (χ2n) is 2.59. The molecule has 0 aliphatic carbocycles. The van der Waals surface area contributed by atoms with E-state index in [9.17, 15) is 0 Å². The fraction of sp³-hybridized carbons (Fsp3) is 0.500. The third kappa shape index (κ3) is 6.05. The lowest BCUT2D eigenvalue weighted by Gasteiger charge is -2.18. The molecule has 0 radical (unpaired) electrons. The number of allylic oxidation sites excluding steroid dienone is 2. The lowest BCUT2D eigenvalue weighted by Crippen LogP contribution is -3.00. The van der Waals surface area contributed by atoms with Crippen LogP contribution < -0.4 is 17.0 Å². The maximum atomic E-state index is 2.12. The highest BCUT2D eigenvalue weighted by molar-refractivity contribution is 4.74. The quantitative estimate of drug-likeness (QED) is 0.515. The Morgan fingerprint density at radius 3 is 1.40 bits per heavy atom. The molecule has 0 amide bonds. The average molecular weight is 206 g/mol. The summed E-state index contributed by atoms with van der Waals surface area (Å²) in [7, 11) is 4.25. The molecular formula is C8H16BrN. The van der Waals surface area contributed by atoms with E-state index in [-0.39, 0.29) is 17.0 Å². The summed E-state index contributed by atoms with van der Waals surface area (Å²) in [5.74, 6) is 0. The van der Waals surface area contributed by atoms with Gasteiger partial charge in [0, 0.05) is 0 Å². The standard InChI is InChI=1S/C8H16N.BrH/c1-5-7-9(3,4)8-6-2;/h5-8H,1-4H3;1H/q+1;/p-1. The molecule has 0 N–H and O–H groups in total. The highest BCUT2D eigenvalue weighted by Crippen LogP contribution is 1.98. The fourth-order valence-corrected chi connectivity index (χ4v) is 0.818. The van der Waals surface area contributed by atoms with Gasteiger partial charge in [0.2, 0.25) is 0 Å². The summed E-state index contributed by atoms with van der Waals surface area (Å²) >= 11 is 0. The van der Waals surface area contributed by atoms with Gasteiger partial charge < -0.3 is 17.0 Å². The van der Waals surface area contributed by atoms with Crippen LogP contribution >= 0.6 is 0 Å². The first-order chi connectivity index (χ1) is 4.12. The normalized spacial score (nSPS) is 12.4. The molecule has 0 aromatic heterocycles. The summed E-state index contributed by atoms with van der Waals surface area (Å²) in [4.78, 5) is 0. The molecule has 0 aromatic carbocycles. The molecule has 0 atom stereocenters. The summed E-state index contributed by atoms with van der Waals surface area (Å²) in [6, 6.07) is 0. The van der Waals surface area contributed by atoms with Gasteiger partial charge in [0.05, 0.1) is 26.5 Å². The van der Waals surface area contributed by atoms with Crippen molar-refractivity contribution < 1.29 is 21.5 Å². The summed E-state index contributed by atoms with van der Waals surface area (Å²) in [6.07, 6.45) is 8.36. The van der Waals surface area contributed by atoms with Gasteiger partial charge in [-0.25, -0.2) is 0 Å². The van der Waals surface area contributed by atoms with E-state index in [1.54, 1.807) is 0 Å². The van der Waals surface area contributed by atoms with Gasteiger partial charge in [-0.3, -0.25) is 4.48 Å². The van der Waals surface area contributed by atoms with Gasteiger partial charge in [-0.15, -0.1) is 0 Å². The lowest BCUT2D eigenvalue weighted by molar-refractivity contribution is -0.784. The van der Waals surface area contributed by atoms with E-state index in [1.807, 2.05) is 13.8 Å². The predicted octanol–water partition coefficient (Wildman–Crippen LogP) is -0.866. The molecule has 10 heavy (non-hydrogen) atoms. The highest BCUT2D eigenvalue weighted by atomic mass is 79.9. The first-order valence-electron chi connectivity index (χ1n) is 3.23. The minimum atomic E-state index is 0. The van der Waals surface area contributed by atoms with E-state index in [4.69, 9.17) is 0 Å². The molecule has 0 saturated carbocycles. The molecule has 0 rings (SSSR count). The van der Waals surface area contributed by atoms with Gasteiger partial charge in [-0.1, -0.05) is 0 Å². The molecule has 60 valence electrons. The maximum Gasteiger partial charge on any atom is 0.0956 e. The van der Waals surface area contributed by atoms with Crippen molar-refractivity contribution in [3.05, 3.63) is 24.6 Å². The summed E-state index contributed by atoms with van der Waals surface area (Å²) in [5, 5.41) is 0. The van der Waals surface area contributed by atoms with Gasteiger partial charge in [0.1, 0.15) is 0 Å². The van der Waals surface area contributed by atoms with E-state index in [0.717, 1.165) is 4.48 Å². The second kappa shape index (κ2) is 5.69. The number of halogens is 1. The number of rotatable bonds is 2. The van der Waals surface area contributed by atoms with Crippen molar-refractivity contribution in [2.45, 2.75) is 13.8 Å². The zero-order chi connectivity index (χ0) is 7.33. The monoisotopic (exact) mass is 205 g/mol. The third-order valence-corrected chi connectivity index (χ3v) is 1.07. The second-order valence-corrected chi connectivity index (χ2v) is 2.59. The average Bonchev–Trinajstić information content (AvgIpc) is 1.64. The Morgan fingerprint density at radius 1 is 0.900 bits per heavy atom. The van der Waals surface area contributed by atoms with Gasteiger partial charge >= 0.3 is 0 Å². The van der Waals surface area contributed by atoms with Crippen LogP contribution in [0.2, 0.25) is 0 Å². The molecule has 0 aliphatic heterocycles. The molecule has 0 aliphatic rings. The van der Waals surface area contributed by atoms with Gasteiger partial charge in [0.25, 0.3) is 0 Å². The van der Waals surface area contributed by atoms with Crippen LogP contribution in [0.15, 0.2) is 24.6 Å². The van der Waals surface area contributed by atoms with Crippen LogP contribution in [0.4, 0.5) is 0 Å². The Balaban J connectivity index is 0. The van der Waals surface area contributed by atoms with Crippen LogP contribution in [0.25, 0.3) is 0 Å².